The van der Waals surface area contributed by atoms with Gasteiger partial charge >= 0.3 is 0 Å². The van der Waals surface area contributed by atoms with Crippen LogP contribution in [-0.2, 0) is 0 Å². The summed E-state index contributed by atoms with van der Waals surface area (Å²) in [5.74, 6) is -0.158. The van der Waals surface area contributed by atoms with Gasteiger partial charge in [-0.2, -0.15) is 0 Å². The molecule has 1 nitrogen and oxygen atoms in total. The standard InChI is InChI=1S/C16H17BrFN/c1-3-15(12-7-4-5-9-14(12)18)19-16-10-6-8-13(17)11(16)2/h4-10,15,19H,3H2,1-2H3. The van der Waals surface area contributed by atoms with Gasteiger partial charge in [-0.25, -0.2) is 4.39 Å². The van der Waals surface area contributed by atoms with Gasteiger partial charge in [0.1, 0.15) is 5.82 Å². The molecule has 1 N–H and O–H groups in total. The number of hydrogen-bond donors (Lipinski definition) is 1. The Bertz CT molecular complexity index is 568. The van der Waals surface area contributed by atoms with Crippen LogP contribution in [0.5, 0.6) is 0 Å². The maximum atomic E-state index is 13.9. The van der Waals surface area contributed by atoms with E-state index in [1.165, 1.54) is 6.07 Å². The second-order valence-electron chi connectivity index (χ2n) is 4.54. The lowest BCUT2D eigenvalue weighted by molar-refractivity contribution is 0.587. The number of benzene rings is 2. The van der Waals surface area contributed by atoms with Crippen LogP contribution < -0.4 is 5.32 Å². The van der Waals surface area contributed by atoms with Crippen molar-refractivity contribution in [1.29, 1.82) is 0 Å². The second kappa shape index (κ2) is 6.20. The van der Waals surface area contributed by atoms with Crippen LogP contribution in [0.2, 0.25) is 0 Å². The van der Waals surface area contributed by atoms with Crippen molar-refractivity contribution in [3.05, 3.63) is 63.9 Å². The quantitative estimate of drug-likeness (QED) is 0.788. The van der Waals surface area contributed by atoms with Crippen LogP contribution in [0, 0.1) is 12.7 Å². The van der Waals surface area contributed by atoms with Crippen molar-refractivity contribution >= 4 is 21.6 Å². The van der Waals surface area contributed by atoms with Crippen LogP contribution in [0.1, 0.15) is 30.5 Å². The lowest BCUT2D eigenvalue weighted by Gasteiger charge is -2.21. The predicted octanol–water partition coefficient (Wildman–Crippen LogP) is 5.46. The van der Waals surface area contributed by atoms with Crippen molar-refractivity contribution in [2.75, 3.05) is 5.32 Å². The average Bonchev–Trinajstić information content (AvgIpc) is 2.41. The Morgan fingerprint density at radius 2 is 1.89 bits per heavy atom. The summed E-state index contributed by atoms with van der Waals surface area (Å²) >= 11 is 3.51. The van der Waals surface area contributed by atoms with Gasteiger partial charge in [-0.05, 0) is 37.1 Å². The third kappa shape index (κ3) is 3.16. The highest BCUT2D eigenvalue weighted by Crippen LogP contribution is 2.29. The van der Waals surface area contributed by atoms with E-state index in [-0.39, 0.29) is 11.9 Å². The Morgan fingerprint density at radius 1 is 1.16 bits per heavy atom. The van der Waals surface area contributed by atoms with E-state index < -0.39 is 0 Å². The molecule has 3 heteroatoms. The minimum absolute atomic E-state index is 0.0193. The van der Waals surface area contributed by atoms with Gasteiger partial charge in [-0.1, -0.05) is 47.1 Å². The summed E-state index contributed by atoms with van der Waals surface area (Å²) in [6.07, 6.45) is 0.826. The first kappa shape index (κ1) is 14.1. The minimum atomic E-state index is -0.158. The highest BCUT2D eigenvalue weighted by atomic mass is 79.9. The molecule has 0 fully saturated rings. The summed E-state index contributed by atoms with van der Waals surface area (Å²) in [7, 11) is 0. The van der Waals surface area contributed by atoms with E-state index in [1.807, 2.05) is 37.3 Å². The molecule has 0 amide bonds. The molecule has 0 saturated heterocycles. The molecule has 2 aromatic rings. The fourth-order valence-electron chi connectivity index (χ4n) is 2.11. The van der Waals surface area contributed by atoms with E-state index in [2.05, 4.69) is 28.2 Å². The summed E-state index contributed by atoms with van der Waals surface area (Å²) < 4.78 is 14.9. The monoisotopic (exact) mass is 321 g/mol. The molecular formula is C16H17BrFN. The highest BCUT2D eigenvalue weighted by molar-refractivity contribution is 9.10. The lowest BCUT2D eigenvalue weighted by atomic mass is 10.0. The summed E-state index contributed by atoms with van der Waals surface area (Å²) in [6.45, 7) is 4.10. The maximum Gasteiger partial charge on any atom is 0.128 e. The topological polar surface area (TPSA) is 12.0 Å². The SMILES string of the molecule is CCC(Nc1cccc(Br)c1C)c1ccccc1F. The Hall–Kier alpha value is -1.35. The average molecular weight is 322 g/mol. The Morgan fingerprint density at radius 3 is 2.58 bits per heavy atom. The van der Waals surface area contributed by atoms with Gasteiger partial charge in [0.05, 0.1) is 6.04 Å². The summed E-state index contributed by atoms with van der Waals surface area (Å²) in [4.78, 5) is 0. The van der Waals surface area contributed by atoms with E-state index in [9.17, 15) is 4.39 Å². The second-order valence-corrected chi connectivity index (χ2v) is 5.39. The number of rotatable bonds is 4. The third-order valence-electron chi connectivity index (χ3n) is 3.29. The third-order valence-corrected chi connectivity index (χ3v) is 4.15. The van der Waals surface area contributed by atoms with Gasteiger partial charge < -0.3 is 5.32 Å². The van der Waals surface area contributed by atoms with Crippen molar-refractivity contribution in [2.45, 2.75) is 26.3 Å². The number of hydrogen-bond acceptors (Lipinski definition) is 1. The molecule has 0 saturated carbocycles. The van der Waals surface area contributed by atoms with Gasteiger partial charge in [0.2, 0.25) is 0 Å². The van der Waals surface area contributed by atoms with E-state index >= 15 is 0 Å². The summed E-state index contributed by atoms with van der Waals surface area (Å²) in [5.41, 5.74) is 2.88. The van der Waals surface area contributed by atoms with Crippen LogP contribution in [-0.4, -0.2) is 0 Å². The van der Waals surface area contributed by atoms with E-state index in [0.29, 0.717) is 5.56 Å². The number of halogens is 2. The molecule has 0 aliphatic carbocycles. The Balaban J connectivity index is 2.30. The number of anilines is 1. The molecule has 0 bridgehead atoms. The zero-order valence-electron chi connectivity index (χ0n) is 11.1. The normalized spacial score (nSPS) is 12.2. The Kier molecular flexibility index (Phi) is 4.59. The van der Waals surface area contributed by atoms with Crippen LogP contribution in [0.25, 0.3) is 0 Å². The maximum absolute atomic E-state index is 13.9. The number of nitrogens with one attached hydrogen (secondary N) is 1. The molecule has 0 spiro atoms. The van der Waals surface area contributed by atoms with Gasteiger partial charge in [0.15, 0.2) is 0 Å². The molecule has 19 heavy (non-hydrogen) atoms. The largest absolute Gasteiger partial charge is 0.378 e. The summed E-state index contributed by atoms with van der Waals surface area (Å²) in [5, 5.41) is 3.42. The lowest BCUT2D eigenvalue weighted by Crippen LogP contribution is -2.12. The smallest absolute Gasteiger partial charge is 0.128 e. The van der Waals surface area contributed by atoms with Crippen molar-refractivity contribution < 1.29 is 4.39 Å². The fraction of sp³-hybridized carbons (Fsp3) is 0.250. The van der Waals surface area contributed by atoms with Crippen molar-refractivity contribution in [3.8, 4) is 0 Å². The Labute approximate surface area is 122 Å². The molecule has 0 radical (unpaired) electrons. The van der Waals surface area contributed by atoms with Crippen LogP contribution in [0.4, 0.5) is 10.1 Å². The van der Waals surface area contributed by atoms with E-state index in [4.69, 9.17) is 0 Å². The van der Waals surface area contributed by atoms with Crippen molar-refractivity contribution in [1.82, 2.24) is 0 Å². The first-order chi connectivity index (χ1) is 9.13. The molecule has 0 heterocycles. The summed E-state index contributed by atoms with van der Waals surface area (Å²) in [6, 6.07) is 12.9. The minimum Gasteiger partial charge on any atom is -0.378 e. The van der Waals surface area contributed by atoms with Gasteiger partial charge in [0.25, 0.3) is 0 Å². The molecule has 2 aromatic carbocycles. The highest BCUT2D eigenvalue weighted by Gasteiger charge is 2.14. The van der Waals surface area contributed by atoms with Gasteiger partial charge in [-0.15, -0.1) is 0 Å². The van der Waals surface area contributed by atoms with Crippen LogP contribution in [0.3, 0.4) is 0 Å². The van der Waals surface area contributed by atoms with E-state index in [1.54, 1.807) is 6.07 Å². The predicted molar refractivity (Wildman–Crippen MR) is 81.9 cm³/mol. The molecule has 0 aliphatic rings. The molecule has 1 unspecified atom stereocenters. The molecule has 0 aromatic heterocycles. The van der Waals surface area contributed by atoms with Crippen molar-refractivity contribution in [3.63, 3.8) is 0 Å². The molecular weight excluding hydrogens is 305 g/mol. The van der Waals surface area contributed by atoms with Crippen LogP contribution in [0.15, 0.2) is 46.9 Å². The fourth-order valence-corrected chi connectivity index (χ4v) is 2.48. The van der Waals surface area contributed by atoms with Crippen molar-refractivity contribution in [2.24, 2.45) is 0 Å². The first-order valence-corrected chi connectivity index (χ1v) is 7.19. The van der Waals surface area contributed by atoms with E-state index in [0.717, 1.165) is 22.1 Å². The zero-order chi connectivity index (χ0) is 13.8. The zero-order valence-corrected chi connectivity index (χ0v) is 12.7. The van der Waals surface area contributed by atoms with Gasteiger partial charge in [-0.3, -0.25) is 0 Å². The van der Waals surface area contributed by atoms with Gasteiger partial charge in [0, 0.05) is 15.7 Å². The molecule has 100 valence electrons. The molecule has 0 aliphatic heterocycles. The molecule has 1 atom stereocenters. The van der Waals surface area contributed by atoms with Crippen LogP contribution >= 0.6 is 15.9 Å². The molecule has 2 rings (SSSR count). The first-order valence-electron chi connectivity index (χ1n) is 6.39.